The third-order valence-corrected chi connectivity index (χ3v) is 9.43. The molecule has 0 saturated carbocycles. The number of anilines is 1. The molecule has 1 atom stereocenters. The summed E-state index contributed by atoms with van der Waals surface area (Å²) in [7, 11) is 0. The monoisotopic (exact) mass is 537 g/mol. The van der Waals surface area contributed by atoms with E-state index < -0.39 is 11.9 Å². The van der Waals surface area contributed by atoms with Gasteiger partial charge in [-0.2, -0.15) is 0 Å². The zero-order chi connectivity index (χ0) is 26.7. The third kappa shape index (κ3) is 5.89. The Labute approximate surface area is 228 Å². The van der Waals surface area contributed by atoms with Crippen molar-refractivity contribution in [3.8, 4) is 0 Å². The van der Waals surface area contributed by atoms with E-state index in [2.05, 4.69) is 32.0 Å². The minimum Gasteiger partial charge on any atom is -0.440 e. The Morgan fingerprint density at radius 1 is 1.00 bits per heavy atom. The Morgan fingerprint density at radius 3 is 2.47 bits per heavy atom. The minimum atomic E-state index is -0.555. The summed E-state index contributed by atoms with van der Waals surface area (Å²) in [6, 6.07) is 18.6. The van der Waals surface area contributed by atoms with Crippen LogP contribution in [0.1, 0.15) is 29.5 Å². The highest BCUT2D eigenvalue weighted by atomic mass is 32.2. The molecule has 3 aliphatic rings. The third-order valence-electron chi connectivity index (χ3n) is 8.29. The summed E-state index contributed by atoms with van der Waals surface area (Å²) in [5.41, 5.74) is 3.52. The first-order valence-corrected chi connectivity index (χ1v) is 14.3. The number of aryl methyl sites for hydroxylation is 1. The first-order chi connectivity index (χ1) is 18.3. The summed E-state index contributed by atoms with van der Waals surface area (Å²) in [5.74, 6) is 0.499. The van der Waals surface area contributed by atoms with Crippen LogP contribution in [0.5, 0.6) is 0 Å². The molecule has 6 rings (SSSR count). The molecule has 3 aromatic rings. The lowest BCUT2D eigenvalue weighted by atomic mass is 9.83. The molecule has 1 unspecified atom stereocenters. The van der Waals surface area contributed by atoms with Gasteiger partial charge in [0.2, 0.25) is 0 Å². The van der Waals surface area contributed by atoms with Crippen LogP contribution in [0.4, 0.5) is 19.3 Å². The van der Waals surface area contributed by atoms with Gasteiger partial charge in [-0.1, -0.05) is 36.4 Å². The van der Waals surface area contributed by atoms with Crippen molar-refractivity contribution in [2.24, 2.45) is 5.92 Å². The second kappa shape index (κ2) is 11.5. The van der Waals surface area contributed by atoms with E-state index >= 15 is 0 Å². The van der Waals surface area contributed by atoms with Crippen LogP contribution in [0.3, 0.4) is 0 Å². The average molecular weight is 538 g/mol. The van der Waals surface area contributed by atoms with Crippen LogP contribution in [-0.2, 0) is 11.3 Å². The highest BCUT2D eigenvalue weighted by molar-refractivity contribution is 7.99. The molecule has 3 fully saturated rings. The van der Waals surface area contributed by atoms with Gasteiger partial charge in [-0.25, -0.2) is 13.6 Å². The molecule has 2 bridgehead atoms. The first kappa shape index (κ1) is 26.7. The minimum absolute atomic E-state index is 0.101. The lowest BCUT2D eigenvalue weighted by Crippen LogP contribution is -2.65. The Morgan fingerprint density at radius 2 is 1.74 bits per heavy atom. The molecule has 38 heavy (non-hydrogen) atoms. The molecule has 3 aliphatic heterocycles. The van der Waals surface area contributed by atoms with Crippen molar-refractivity contribution in [2.45, 2.75) is 44.2 Å². The molecule has 0 spiro atoms. The number of amides is 1. The number of hydrogen-bond donors (Lipinski definition) is 0. The van der Waals surface area contributed by atoms with Crippen LogP contribution >= 0.6 is 11.8 Å². The standard InChI is InChI=1S/C31H35F2N2O2S/c1-22-6-5-9-30(23(22)2)38-19-18-35-16-14-25(15-17-35)29(21-35)37-31(36)34(28-8-4-3-7-27(28)33)20-24-10-12-26(32)13-11-24/h3-13,25,29H,14-21H2,1-2H3/q+1. The summed E-state index contributed by atoms with van der Waals surface area (Å²) < 4.78 is 35.3. The highest BCUT2D eigenvalue weighted by Gasteiger charge is 2.47. The van der Waals surface area contributed by atoms with Crippen molar-refractivity contribution in [3.05, 3.63) is 95.1 Å². The maximum absolute atomic E-state index is 14.8. The molecular weight excluding hydrogens is 502 g/mol. The van der Waals surface area contributed by atoms with Gasteiger partial charge < -0.3 is 9.22 Å². The number of ether oxygens (including phenoxy) is 1. The topological polar surface area (TPSA) is 29.5 Å². The fraction of sp³-hybridized carbons (Fsp3) is 0.387. The van der Waals surface area contributed by atoms with E-state index in [0.29, 0.717) is 11.5 Å². The van der Waals surface area contributed by atoms with E-state index in [9.17, 15) is 13.6 Å². The van der Waals surface area contributed by atoms with Gasteiger partial charge in [0.1, 0.15) is 18.2 Å². The number of para-hydroxylation sites is 1. The Bertz CT molecular complexity index is 1280. The summed E-state index contributed by atoms with van der Waals surface area (Å²) in [6.07, 6.45) is 1.31. The van der Waals surface area contributed by atoms with E-state index in [1.165, 1.54) is 39.1 Å². The van der Waals surface area contributed by atoms with Crippen LogP contribution in [0.25, 0.3) is 0 Å². The Balaban J connectivity index is 1.27. The summed E-state index contributed by atoms with van der Waals surface area (Å²) in [6.45, 7) is 8.48. The number of quaternary nitrogens is 1. The number of halogens is 2. The predicted molar refractivity (Wildman–Crippen MR) is 148 cm³/mol. The average Bonchev–Trinajstić information content (AvgIpc) is 2.92. The maximum atomic E-state index is 14.8. The molecule has 0 aliphatic carbocycles. The van der Waals surface area contributed by atoms with E-state index in [0.717, 1.165) is 49.3 Å². The molecule has 3 aromatic carbocycles. The van der Waals surface area contributed by atoms with Gasteiger partial charge in [0.25, 0.3) is 0 Å². The number of hydrogen-bond acceptors (Lipinski definition) is 3. The number of nitrogens with zero attached hydrogens (tertiary/aromatic N) is 2. The number of carbonyl (C=O) groups excluding carboxylic acids is 1. The van der Waals surface area contributed by atoms with Crippen LogP contribution in [0.2, 0.25) is 0 Å². The zero-order valence-electron chi connectivity index (χ0n) is 22.0. The highest BCUT2D eigenvalue weighted by Crippen LogP contribution is 2.37. The van der Waals surface area contributed by atoms with Crippen LogP contribution in [-0.4, -0.2) is 48.6 Å². The number of carbonyl (C=O) groups is 1. The number of benzene rings is 3. The normalized spacial score (nSPS) is 22.3. The largest absolute Gasteiger partial charge is 0.440 e. The fourth-order valence-corrected chi connectivity index (χ4v) is 7.03. The SMILES string of the molecule is Cc1cccc(SCC[N+]23CCC(CC2)C(OC(=O)N(Cc2ccc(F)cc2)c2ccccc2F)C3)c1C. The number of piperidine rings is 3. The Hall–Kier alpha value is -2.90. The molecule has 0 radical (unpaired) electrons. The lowest BCUT2D eigenvalue weighted by molar-refractivity contribution is -0.943. The van der Waals surface area contributed by atoms with Crippen molar-refractivity contribution in [1.29, 1.82) is 0 Å². The summed E-state index contributed by atoms with van der Waals surface area (Å²) >= 11 is 1.91. The van der Waals surface area contributed by atoms with Gasteiger partial charge >= 0.3 is 6.09 Å². The summed E-state index contributed by atoms with van der Waals surface area (Å²) in [5, 5.41) is 0. The molecule has 0 aromatic heterocycles. The molecule has 7 heteroatoms. The molecule has 4 nitrogen and oxygen atoms in total. The van der Waals surface area contributed by atoms with Crippen LogP contribution in [0.15, 0.2) is 71.6 Å². The van der Waals surface area contributed by atoms with Gasteiger partial charge in [-0.3, -0.25) is 4.90 Å². The zero-order valence-corrected chi connectivity index (χ0v) is 22.9. The quantitative estimate of drug-likeness (QED) is 0.226. The number of thioether (sulfide) groups is 1. The molecule has 0 N–H and O–H groups in total. The maximum Gasteiger partial charge on any atom is 0.415 e. The van der Waals surface area contributed by atoms with Gasteiger partial charge in [-0.05, 0) is 60.9 Å². The van der Waals surface area contributed by atoms with Crippen LogP contribution < -0.4 is 4.90 Å². The molecule has 200 valence electrons. The van der Waals surface area contributed by atoms with Gasteiger partial charge in [0.05, 0.1) is 31.9 Å². The lowest BCUT2D eigenvalue weighted by Gasteiger charge is -2.52. The fourth-order valence-electron chi connectivity index (χ4n) is 5.78. The van der Waals surface area contributed by atoms with Gasteiger partial charge in [0, 0.05) is 29.4 Å². The number of fused-ring (bicyclic) bond motifs is 3. The van der Waals surface area contributed by atoms with Crippen molar-refractivity contribution in [2.75, 3.05) is 36.8 Å². The van der Waals surface area contributed by atoms with Crippen molar-refractivity contribution >= 4 is 23.5 Å². The molecule has 3 saturated heterocycles. The number of rotatable bonds is 8. The van der Waals surface area contributed by atoms with Gasteiger partial charge in [-0.15, -0.1) is 11.8 Å². The van der Waals surface area contributed by atoms with Gasteiger partial charge in [0.15, 0.2) is 6.10 Å². The summed E-state index contributed by atoms with van der Waals surface area (Å²) in [4.78, 5) is 16.2. The van der Waals surface area contributed by atoms with Crippen molar-refractivity contribution < 1.29 is 22.8 Å². The smallest absolute Gasteiger partial charge is 0.415 e. The van der Waals surface area contributed by atoms with E-state index in [-0.39, 0.29) is 24.2 Å². The molecule has 1 amide bonds. The first-order valence-electron chi connectivity index (χ1n) is 13.3. The van der Waals surface area contributed by atoms with Crippen molar-refractivity contribution in [1.82, 2.24) is 0 Å². The second-order valence-corrected chi connectivity index (χ2v) is 11.8. The van der Waals surface area contributed by atoms with E-state index in [1.807, 2.05) is 11.8 Å². The van der Waals surface area contributed by atoms with E-state index in [1.54, 1.807) is 30.3 Å². The molecular formula is C31H35F2N2O2S+. The molecule has 3 heterocycles. The second-order valence-electron chi connectivity index (χ2n) is 10.7. The van der Waals surface area contributed by atoms with E-state index in [4.69, 9.17) is 4.74 Å². The Kier molecular flexibility index (Phi) is 8.05. The predicted octanol–water partition coefficient (Wildman–Crippen LogP) is 7.13. The van der Waals surface area contributed by atoms with Crippen molar-refractivity contribution in [3.63, 3.8) is 0 Å². The van der Waals surface area contributed by atoms with Crippen LogP contribution in [0, 0.1) is 31.4 Å².